The second kappa shape index (κ2) is 11.1. The molecule has 7 nitrogen and oxygen atoms in total. The second-order valence-electron chi connectivity index (χ2n) is 13.1. The van der Waals surface area contributed by atoms with Gasteiger partial charge in [0.25, 0.3) is 0 Å². The molecule has 2 heterocycles. The van der Waals surface area contributed by atoms with Crippen LogP contribution in [-0.4, -0.2) is 9.97 Å². The van der Waals surface area contributed by atoms with E-state index in [9.17, 15) is 5.26 Å². The van der Waals surface area contributed by atoms with Gasteiger partial charge in [0.1, 0.15) is 11.0 Å². The monoisotopic (exact) mass is 655 g/mol. The largest absolute Gasteiger partial charge is 0.436 e. The van der Waals surface area contributed by atoms with Crippen molar-refractivity contribution in [2.75, 3.05) is 0 Å². The van der Waals surface area contributed by atoms with Crippen LogP contribution in [0.25, 0.3) is 88.2 Å². The maximum absolute atomic E-state index is 10.7. The van der Waals surface area contributed by atoms with E-state index in [1.807, 2.05) is 78.9 Å². The van der Waals surface area contributed by atoms with Crippen LogP contribution in [0, 0.1) is 24.5 Å². The van der Waals surface area contributed by atoms with Crippen LogP contribution < -0.4 is 0 Å². The average Bonchev–Trinajstić information content (AvgIpc) is 3.87. The molecule has 6 aromatic carbocycles. The van der Waals surface area contributed by atoms with Gasteiger partial charge in [0.2, 0.25) is 17.5 Å². The highest BCUT2D eigenvalue weighted by molar-refractivity contribution is 6.00. The normalized spacial score (nSPS) is 12.6. The molecule has 1 aliphatic carbocycles. The van der Waals surface area contributed by atoms with Crippen LogP contribution in [0.5, 0.6) is 0 Å². The summed E-state index contributed by atoms with van der Waals surface area (Å²) in [5.41, 5.74) is 11.1. The van der Waals surface area contributed by atoms with E-state index in [4.69, 9.17) is 31.9 Å². The first-order chi connectivity index (χ1) is 24.9. The first kappa shape index (κ1) is 29.8. The van der Waals surface area contributed by atoms with Gasteiger partial charge in [-0.1, -0.05) is 74.5 Å². The fourth-order valence-electron chi connectivity index (χ4n) is 7.36. The Kier molecular flexibility index (Phi) is 6.52. The summed E-state index contributed by atoms with van der Waals surface area (Å²) in [6.07, 6.45) is 0. The molecule has 0 spiro atoms. The molecule has 1 aliphatic rings. The fourth-order valence-corrected chi connectivity index (χ4v) is 7.36. The fraction of sp³-hybridized carbons (Fsp3) is 0.0682. The van der Waals surface area contributed by atoms with Crippen molar-refractivity contribution in [3.05, 3.63) is 155 Å². The summed E-state index contributed by atoms with van der Waals surface area (Å²) in [4.78, 5) is 17.3. The van der Waals surface area contributed by atoms with Gasteiger partial charge in [0.05, 0.1) is 24.8 Å². The number of fused-ring (bicyclic) bond motifs is 5. The minimum Gasteiger partial charge on any atom is -0.436 e. The summed E-state index contributed by atoms with van der Waals surface area (Å²) in [5, 5.41) is 10.7. The molecule has 7 heteroatoms. The standard InChI is InChI=1S/C44H25N5O2/c1-44(2)33-12-6-5-11-29(33)30-18-17-25(22-34(30)44)31-23-37(46-3)40(41(47-4)32(31)24-45)26-19-27(42-48-35-13-7-9-15-38(35)50-42)21-28(20-26)43-49-36-14-8-10-16-39(36)51-43/h5-23H,1-2H3. The number of aromatic nitrogens is 2. The number of nitrogens with zero attached hydrogens (tertiary/aromatic N) is 5. The first-order valence-electron chi connectivity index (χ1n) is 16.4. The lowest BCUT2D eigenvalue weighted by Gasteiger charge is -2.22. The number of benzene rings is 6. The lowest BCUT2D eigenvalue weighted by atomic mass is 9.81. The van der Waals surface area contributed by atoms with E-state index in [1.54, 1.807) is 6.07 Å². The predicted molar refractivity (Wildman–Crippen MR) is 198 cm³/mol. The third-order valence-corrected chi connectivity index (χ3v) is 9.82. The number of hydrogen-bond acceptors (Lipinski definition) is 5. The Morgan fingerprint density at radius 1 is 0.608 bits per heavy atom. The van der Waals surface area contributed by atoms with Crippen LogP contribution in [0.1, 0.15) is 30.5 Å². The summed E-state index contributed by atoms with van der Waals surface area (Å²) < 4.78 is 12.3. The minimum absolute atomic E-state index is 0.0993. The smallest absolute Gasteiger partial charge is 0.227 e. The lowest BCUT2D eigenvalue weighted by molar-refractivity contribution is 0.617. The van der Waals surface area contributed by atoms with Gasteiger partial charge in [-0.3, -0.25) is 0 Å². The van der Waals surface area contributed by atoms with Crippen molar-refractivity contribution in [3.8, 4) is 62.4 Å². The Labute approximate surface area is 293 Å². The van der Waals surface area contributed by atoms with Gasteiger partial charge in [0, 0.05) is 16.5 Å². The van der Waals surface area contributed by atoms with Crippen molar-refractivity contribution in [3.63, 3.8) is 0 Å². The third-order valence-electron chi connectivity index (χ3n) is 9.82. The molecule has 8 aromatic rings. The number of para-hydroxylation sites is 4. The van der Waals surface area contributed by atoms with Crippen LogP contribution in [0.4, 0.5) is 11.4 Å². The molecule has 51 heavy (non-hydrogen) atoms. The summed E-state index contributed by atoms with van der Waals surface area (Å²) >= 11 is 0. The molecule has 0 unspecified atom stereocenters. The summed E-state index contributed by atoms with van der Waals surface area (Å²) in [5.74, 6) is 0.728. The first-order valence-corrected chi connectivity index (χ1v) is 16.4. The van der Waals surface area contributed by atoms with E-state index < -0.39 is 0 Å². The SMILES string of the molecule is [C-]#[N+]c1cc(-c2ccc3c(c2)C(C)(C)c2ccccc2-3)c(C#N)c([N+]#[C-])c1-c1cc(-c2nc3ccccc3o2)cc(-c2nc3ccccc3o2)c1. The second-order valence-corrected chi connectivity index (χ2v) is 13.1. The molecule has 0 fully saturated rings. The van der Waals surface area contributed by atoms with Gasteiger partial charge >= 0.3 is 0 Å². The Hall–Kier alpha value is -7.27. The molecule has 9 rings (SSSR count). The molecule has 0 aliphatic heterocycles. The molecule has 0 N–H and O–H groups in total. The zero-order valence-electron chi connectivity index (χ0n) is 27.5. The van der Waals surface area contributed by atoms with Crippen LogP contribution >= 0.6 is 0 Å². The Morgan fingerprint density at radius 3 is 1.80 bits per heavy atom. The van der Waals surface area contributed by atoms with Crippen molar-refractivity contribution in [1.29, 1.82) is 5.26 Å². The van der Waals surface area contributed by atoms with Crippen LogP contribution in [0.3, 0.4) is 0 Å². The van der Waals surface area contributed by atoms with Gasteiger partial charge in [-0.05, 0) is 99.1 Å². The predicted octanol–water partition coefficient (Wildman–Crippen LogP) is 11.9. The molecular weight excluding hydrogens is 631 g/mol. The Morgan fingerprint density at radius 2 is 1.20 bits per heavy atom. The molecule has 0 saturated heterocycles. The van der Waals surface area contributed by atoms with Gasteiger partial charge in [-0.15, -0.1) is 0 Å². The zero-order chi connectivity index (χ0) is 34.9. The Bertz CT molecular complexity index is 2730. The van der Waals surface area contributed by atoms with Crippen molar-refractivity contribution in [1.82, 2.24) is 9.97 Å². The van der Waals surface area contributed by atoms with Gasteiger partial charge in [0.15, 0.2) is 16.9 Å². The van der Waals surface area contributed by atoms with Gasteiger partial charge < -0.3 is 8.83 Å². The third kappa shape index (κ3) is 4.56. The highest BCUT2D eigenvalue weighted by Crippen LogP contribution is 2.52. The molecule has 0 atom stereocenters. The molecule has 0 bridgehead atoms. The topological polar surface area (TPSA) is 84.6 Å². The summed E-state index contributed by atoms with van der Waals surface area (Å²) in [6.45, 7) is 21.1. The molecule has 2 aromatic heterocycles. The van der Waals surface area contributed by atoms with Crippen LogP contribution in [0.2, 0.25) is 0 Å². The zero-order valence-corrected chi connectivity index (χ0v) is 27.5. The van der Waals surface area contributed by atoms with Crippen molar-refractivity contribution in [2.24, 2.45) is 0 Å². The number of nitriles is 1. The van der Waals surface area contributed by atoms with Crippen molar-refractivity contribution < 1.29 is 8.83 Å². The maximum atomic E-state index is 10.7. The molecule has 238 valence electrons. The summed E-state index contributed by atoms with van der Waals surface area (Å²) in [6, 6.07) is 39.2. The quantitative estimate of drug-likeness (QED) is 0.176. The number of hydrogen-bond donors (Lipinski definition) is 0. The van der Waals surface area contributed by atoms with Crippen molar-refractivity contribution >= 4 is 33.6 Å². The average molecular weight is 656 g/mol. The number of oxazole rings is 2. The highest BCUT2D eigenvalue weighted by Gasteiger charge is 2.35. The lowest BCUT2D eigenvalue weighted by Crippen LogP contribution is -2.14. The van der Waals surface area contributed by atoms with E-state index in [0.29, 0.717) is 61.8 Å². The van der Waals surface area contributed by atoms with E-state index in [0.717, 1.165) is 16.7 Å². The number of rotatable bonds is 4. The van der Waals surface area contributed by atoms with E-state index >= 15 is 0 Å². The molecule has 0 saturated carbocycles. The molecule has 0 radical (unpaired) electrons. The Balaban J connectivity index is 1.27. The van der Waals surface area contributed by atoms with Gasteiger partial charge in [-0.25, -0.2) is 19.7 Å². The molecular formula is C44H25N5O2. The van der Waals surface area contributed by atoms with Crippen LogP contribution in [0.15, 0.2) is 124 Å². The maximum Gasteiger partial charge on any atom is 0.227 e. The van der Waals surface area contributed by atoms with E-state index in [2.05, 4.69) is 59.9 Å². The van der Waals surface area contributed by atoms with Crippen LogP contribution in [-0.2, 0) is 5.41 Å². The van der Waals surface area contributed by atoms with Crippen molar-refractivity contribution in [2.45, 2.75) is 19.3 Å². The van der Waals surface area contributed by atoms with E-state index in [-0.39, 0.29) is 22.4 Å². The molecule has 0 amide bonds. The van der Waals surface area contributed by atoms with Gasteiger partial charge in [-0.2, -0.15) is 5.26 Å². The van der Waals surface area contributed by atoms with E-state index in [1.165, 1.54) is 11.1 Å². The highest BCUT2D eigenvalue weighted by atomic mass is 16.4. The minimum atomic E-state index is -0.258. The summed E-state index contributed by atoms with van der Waals surface area (Å²) in [7, 11) is 0.